The third-order valence-electron chi connectivity index (χ3n) is 4.11. The van der Waals surface area contributed by atoms with Crippen molar-refractivity contribution in [3.05, 3.63) is 47.3 Å². The molecule has 118 valence electrons. The lowest BCUT2D eigenvalue weighted by Crippen LogP contribution is -2.40. The number of esters is 2. The van der Waals surface area contributed by atoms with Gasteiger partial charge >= 0.3 is 11.9 Å². The molecule has 0 saturated carbocycles. The zero-order chi connectivity index (χ0) is 16.2. The molecule has 0 saturated heterocycles. The number of allylic oxidation sites excluding steroid dienone is 1. The molecule has 1 aromatic rings. The molecule has 0 bridgehead atoms. The normalized spacial score (nSPS) is 16.5. The van der Waals surface area contributed by atoms with Crippen molar-refractivity contribution in [3.63, 3.8) is 0 Å². The number of carbonyl (C=O) groups excluding carboxylic acids is 2. The minimum absolute atomic E-state index is 0.0578. The van der Waals surface area contributed by atoms with Gasteiger partial charge in [-0.1, -0.05) is 30.3 Å². The van der Waals surface area contributed by atoms with Crippen LogP contribution in [0.4, 0.5) is 4.39 Å². The van der Waals surface area contributed by atoms with Gasteiger partial charge < -0.3 is 9.47 Å². The predicted octanol–water partition coefficient (Wildman–Crippen LogP) is 2.97. The molecule has 0 fully saturated rings. The number of halogens is 1. The van der Waals surface area contributed by atoms with Crippen molar-refractivity contribution in [2.45, 2.75) is 25.7 Å². The van der Waals surface area contributed by atoms with Gasteiger partial charge in [0.1, 0.15) is 5.83 Å². The van der Waals surface area contributed by atoms with Gasteiger partial charge in [0, 0.05) is 0 Å². The highest BCUT2D eigenvalue weighted by atomic mass is 19.1. The van der Waals surface area contributed by atoms with E-state index in [9.17, 15) is 14.0 Å². The van der Waals surface area contributed by atoms with E-state index in [2.05, 4.69) is 9.47 Å². The van der Waals surface area contributed by atoms with E-state index in [0.29, 0.717) is 24.8 Å². The van der Waals surface area contributed by atoms with E-state index in [1.807, 2.05) is 30.3 Å². The molecule has 1 aromatic carbocycles. The van der Waals surface area contributed by atoms with Gasteiger partial charge in [-0.15, -0.1) is 0 Å². The molecule has 0 radical (unpaired) electrons. The van der Waals surface area contributed by atoms with Crippen LogP contribution in [-0.2, 0) is 25.5 Å². The predicted molar refractivity (Wildman–Crippen MR) is 78.6 cm³/mol. The molecule has 0 aliphatic heterocycles. The molecule has 0 heterocycles. The van der Waals surface area contributed by atoms with E-state index in [0.717, 1.165) is 19.8 Å². The van der Waals surface area contributed by atoms with Crippen molar-refractivity contribution in [2.75, 3.05) is 14.2 Å². The average molecular weight is 306 g/mol. The minimum atomic E-state index is -1.92. The molecule has 0 amide bonds. The summed E-state index contributed by atoms with van der Waals surface area (Å²) in [5.41, 5.74) is -0.355. The Balaban J connectivity index is 2.23. The molecule has 22 heavy (non-hydrogen) atoms. The fourth-order valence-electron chi connectivity index (χ4n) is 2.85. The number of rotatable bonds is 5. The van der Waals surface area contributed by atoms with Gasteiger partial charge in [0.25, 0.3) is 0 Å². The molecular weight excluding hydrogens is 287 g/mol. The maximum atomic E-state index is 14.8. The van der Waals surface area contributed by atoms with Gasteiger partial charge in [0.05, 0.1) is 14.2 Å². The third-order valence-corrected chi connectivity index (χ3v) is 4.11. The van der Waals surface area contributed by atoms with Crippen LogP contribution < -0.4 is 0 Å². The van der Waals surface area contributed by atoms with Gasteiger partial charge in [0.2, 0.25) is 5.41 Å². The summed E-state index contributed by atoms with van der Waals surface area (Å²) in [5.74, 6) is -2.50. The van der Waals surface area contributed by atoms with E-state index in [1.54, 1.807) is 0 Å². The summed E-state index contributed by atoms with van der Waals surface area (Å²) in [5, 5.41) is 0. The Kier molecular flexibility index (Phi) is 4.96. The van der Waals surface area contributed by atoms with E-state index in [1.165, 1.54) is 0 Å². The first-order valence-corrected chi connectivity index (χ1v) is 7.15. The summed E-state index contributed by atoms with van der Waals surface area (Å²) in [6.45, 7) is 0. The molecule has 2 rings (SSSR count). The maximum absolute atomic E-state index is 14.8. The van der Waals surface area contributed by atoms with Crippen molar-refractivity contribution in [1.82, 2.24) is 0 Å². The molecule has 4 nitrogen and oxygen atoms in total. The van der Waals surface area contributed by atoms with Crippen LogP contribution in [0.5, 0.6) is 0 Å². The Hall–Kier alpha value is -2.17. The van der Waals surface area contributed by atoms with Crippen LogP contribution in [-0.4, -0.2) is 26.2 Å². The first kappa shape index (κ1) is 16.2. The number of ether oxygens (including phenoxy) is 2. The van der Waals surface area contributed by atoms with Crippen LogP contribution in [0.1, 0.15) is 24.8 Å². The number of hydrogen-bond acceptors (Lipinski definition) is 4. The maximum Gasteiger partial charge on any atom is 0.330 e. The van der Waals surface area contributed by atoms with Crippen LogP contribution in [0.25, 0.3) is 0 Å². The summed E-state index contributed by atoms with van der Waals surface area (Å²) >= 11 is 0. The summed E-state index contributed by atoms with van der Waals surface area (Å²) in [6, 6.07) is 9.67. The Morgan fingerprint density at radius 2 is 1.68 bits per heavy atom. The summed E-state index contributed by atoms with van der Waals surface area (Å²) < 4.78 is 24.0. The summed E-state index contributed by atoms with van der Waals surface area (Å²) in [7, 11) is 2.28. The van der Waals surface area contributed by atoms with Crippen LogP contribution in [0.15, 0.2) is 41.7 Å². The molecule has 1 aliphatic carbocycles. The molecule has 0 spiro atoms. The quantitative estimate of drug-likeness (QED) is 0.620. The Labute approximate surface area is 128 Å². The second-order valence-electron chi connectivity index (χ2n) is 5.29. The molecule has 5 heteroatoms. The first-order valence-electron chi connectivity index (χ1n) is 7.15. The summed E-state index contributed by atoms with van der Waals surface area (Å²) in [6.07, 6.45) is 1.53. The highest BCUT2D eigenvalue weighted by Crippen LogP contribution is 2.47. The van der Waals surface area contributed by atoms with E-state index in [-0.39, 0.29) is 6.42 Å². The van der Waals surface area contributed by atoms with E-state index < -0.39 is 23.2 Å². The Bertz CT molecular complexity index is 576. The zero-order valence-electron chi connectivity index (χ0n) is 12.7. The van der Waals surface area contributed by atoms with Crippen molar-refractivity contribution in [2.24, 2.45) is 5.41 Å². The standard InChI is InChI=1S/C17H19FO4/c1-21-15(19)17(16(20)22-2)11-10-13(14(17)18)9-8-12-6-4-3-5-7-12/h3-7H,8-11H2,1-2H3. The topological polar surface area (TPSA) is 52.6 Å². The van der Waals surface area contributed by atoms with Crippen molar-refractivity contribution < 1.29 is 23.5 Å². The van der Waals surface area contributed by atoms with E-state index in [4.69, 9.17) is 0 Å². The summed E-state index contributed by atoms with van der Waals surface area (Å²) in [4.78, 5) is 23.9. The minimum Gasteiger partial charge on any atom is -0.468 e. The van der Waals surface area contributed by atoms with Gasteiger partial charge in [-0.05, 0) is 36.8 Å². The second-order valence-corrected chi connectivity index (χ2v) is 5.29. The van der Waals surface area contributed by atoms with Crippen LogP contribution in [0.2, 0.25) is 0 Å². The zero-order valence-corrected chi connectivity index (χ0v) is 12.7. The Morgan fingerprint density at radius 3 is 2.23 bits per heavy atom. The van der Waals surface area contributed by atoms with Gasteiger partial charge in [-0.2, -0.15) is 0 Å². The number of benzene rings is 1. The van der Waals surface area contributed by atoms with Crippen molar-refractivity contribution in [3.8, 4) is 0 Å². The lowest BCUT2D eigenvalue weighted by molar-refractivity contribution is -0.167. The molecule has 0 atom stereocenters. The van der Waals surface area contributed by atoms with Gasteiger partial charge in [0.15, 0.2) is 0 Å². The number of hydrogen-bond donors (Lipinski definition) is 0. The number of methoxy groups -OCH3 is 2. The highest BCUT2D eigenvalue weighted by Gasteiger charge is 2.56. The van der Waals surface area contributed by atoms with Crippen molar-refractivity contribution in [1.29, 1.82) is 0 Å². The molecule has 0 aromatic heterocycles. The lowest BCUT2D eigenvalue weighted by atomic mass is 9.86. The van der Waals surface area contributed by atoms with E-state index >= 15 is 0 Å². The largest absolute Gasteiger partial charge is 0.468 e. The monoisotopic (exact) mass is 306 g/mol. The smallest absolute Gasteiger partial charge is 0.330 e. The first-order chi connectivity index (χ1) is 10.6. The highest BCUT2D eigenvalue weighted by molar-refractivity contribution is 6.03. The second kappa shape index (κ2) is 6.73. The lowest BCUT2D eigenvalue weighted by Gasteiger charge is -2.22. The molecule has 0 unspecified atom stereocenters. The number of carbonyl (C=O) groups is 2. The fourth-order valence-corrected chi connectivity index (χ4v) is 2.85. The average Bonchev–Trinajstić information content (AvgIpc) is 2.90. The van der Waals surface area contributed by atoms with Crippen LogP contribution >= 0.6 is 0 Å². The SMILES string of the molecule is COC(=O)C1(C(=O)OC)CCC(CCc2ccccc2)=C1F. The van der Waals surface area contributed by atoms with Crippen LogP contribution in [0.3, 0.4) is 0 Å². The fraction of sp³-hybridized carbons (Fsp3) is 0.412. The Morgan fingerprint density at radius 1 is 1.09 bits per heavy atom. The molecule has 0 N–H and O–H groups in total. The van der Waals surface area contributed by atoms with Crippen LogP contribution in [0, 0.1) is 5.41 Å². The third kappa shape index (κ3) is 2.75. The number of aryl methyl sites for hydroxylation is 1. The molecule has 1 aliphatic rings. The van der Waals surface area contributed by atoms with Gasteiger partial charge in [-0.25, -0.2) is 4.39 Å². The van der Waals surface area contributed by atoms with Gasteiger partial charge in [-0.3, -0.25) is 9.59 Å². The molecular formula is C17H19FO4. The van der Waals surface area contributed by atoms with Crippen molar-refractivity contribution >= 4 is 11.9 Å².